The molecule has 0 saturated carbocycles. The fourth-order valence-corrected chi connectivity index (χ4v) is 2.73. The highest BCUT2D eigenvalue weighted by Gasteiger charge is 2.17. The molecule has 0 aliphatic carbocycles. The summed E-state index contributed by atoms with van der Waals surface area (Å²) in [5.74, 6) is 0.700. The van der Waals surface area contributed by atoms with Gasteiger partial charge in [0.1, 0.15) is 0 Å². The second-order valence-electron chi connectivity index (χ2n) is 6.39. The molecule has 27 heavy (non-hydrogen) atoms. The summed E-state index contributed by atoms with van der Waals surface area (Å²) in [5.41, 5.74) is 0.994. The van der Waals surface area contributed by atoms with Gasteiger partial charge in [-0.15, -0.1) is 0 Å². The maximum atomic E-state index is 10.7. The molecule has 9 heteroatoms. The zero-order valence-corrected chi connectivity index (χ0v) is 16.0. The third kappa shape index (κ3) is 7.49. The van der Waals surface area contributed by atoms with E-state index in [-0.39, 0.29) is 5.69 Å². The Bertz CT molecular complexity index is 602. The van der Waals surface area contributed by atoms with E-state index in [1.165, 1.54) is 12.1 Å². The number of nitro benzene ring substituents is 1. The minimum absolute atomic E-state index is 0.0821. The van der Waals surface area contributed by atoms with Crippen molar-refractivity contribution in [3.63, 3.8) is 0 Å². The van der Waals surface area contributed by atoms with Crippen LogP contribution in [0.3, 0.4) is 0 Å². The Morgan fingerprint density at radius 3 is 2.67 bits per heavy atom. The smallest absolute Gasteiger partial charge is 0.269 e. The number of nitrogens with zero attached hydrogens (tertiary/aromatic N) is 3. The lowest BCUT2D eigenvalue weighted by atomic mass is 10.2. The number of hydrogen-bond acceptors (Lipinski definition) is 6. The van der Waals surface area contributed by atoms with Gasteiger partial charge < -0.3 is 20.1 Å². The summed E-state index contributed by atoms with van der Waals surface area (Å²) in [4.78, 5) is 17.3. The molecule has 1 heterocycles. The molecule has 1 aliphatic rings. The highest BCUT2D eigenvalue weighted by molar-refractivity contribution is 5.79. The van der Waals surface area contributed by atoms with Crippen LogP contribution in [0.5, 0.6) is 0 Å². The Balaban J connectivity index is 1.90. The first-order valence-corrected chi connectivity index (χ1v) is 9.16. The van der Waals surface area contributed by atoms with Gasteiger partial charge in [-0.1, -0.05) is 12.1 Å². The molecule has 1 aromatic rings. The maximum absolute atomic E-state index is 10.7. The summed E-state index contributed by atoms with van der Waals surface area (Å²) < 4.78 is 10.5. The number of ether oxygens (including phenoxy) is 2. The minimum atomic E-state index is -0.403. The third-order valence-electron chi connectivity index (χ3n) is 4.40. The number of guanidine groups is 1. The number of non-ortho nitro benzene ring substituents is 1. The van der Waals surface area contributed by atoms with Crippen molar-refractivity contribution in [3.05, 3.63) is 39.9 Å². The Morgan fingerprint density at radius 1 is 1.33 bits per heavy atom. The molecule has 2 rings (SSSR count). The molecule has 9 nitrogen and oxygen atoms in total. The topological polar surface area (TPSA) is 101 Å². The van der Waals surface area contributed by atoms with Gasteiger partial charge in [-0.2, -0.15) is 0 Å². The average molecular weight is 379 g/mol. The van der Waals surface area contributed by atoms with E-state index in [2.05, 4.69) is 27.4 Å². The van der Waals surface area contributed by atoms with Crippen LogP contribution in [0.4, 0.5) is 5.69 Å². The van der Waals surface area contributed by atoms with E-state index in [4.69, 9.17) is 9.47 Å². The normalized spacial score (nSPS) is 16.7. The van der Waals surface area contributed by atoms with Crippen molar-refractivity contribution in [3.8, 4) is 0 Å². The number of benzene rings is 1. The number of nitrogens with one attached hydrogen (secondary N) is 2. The first-order valence-electron chi connectivity index (χ1n) is 9.16. The lowest BCUT2D eigenvalue weighted by molar-refractivity contribution is -0.384. The molecule has 1 unspecified atom stereocenters. The second-order valence-corrected chi connectivity index (χ2v) is 6.39. The highest BCUT2D eigenvalue weighted by Crippen LogP contribution is 2.12. The van der Waals surface area contributed by atoms with Crippen LogP contribution in [-0.2, 0) is 16.0 Å². The molecule has 1 fully saturated rings. The largest absolute Gasteiger partial charge is 0.383 e. The number of aliphatic imine (C=N–C) groups is 1. The molecule has 0 bridgehead atoms. The van der Waals surface area contributed by atoms with Crippen LogP contribution >= 0.6 is 0 Å². The highest BCUT2D eigenvalue weighted by atomic mass is 16.6. The van der Waals surface area contributed by atoms with Gasteiger partial charge in [-0.3, -0.25) is 15.0 Å². The van der Waals surface area contributed by atoms with E-state index in [1.54, 1.807) is 19.2 Å². The molecule has 1 aromatic carbocycles. The molecule has 1 saturated heterocycles. The van der Waals surface area contributed by atoms with E-state index >= 15 is 0 Å². The van der Waals surface area contributed by atoms with E-state index in [1.807, 2.05) is 0 Å². The van der Waals surface area contributed by atoms with Gasteiger partial charge >= 0.3 is 0 Å². The summed E-state index contributed by atoms with van der Waals surface area (Å²) in [7, 11) is 1.66. The van der Waals surface area contributed by atoms with Crippen LogP contribution in [0.2, 0.25) is 0 Å². The fourth-order valence-electron chi connectivity index (χ4n) is 2.73. The van der Waals surface area contributed by atoms with Crippen LogP contribution in [0.25, 0.3) is 0 Å². The van der Waals surface area contributed by atoms with Gasteiger partial charge in [-0.25, -0.2) is 4.99 Å². The van der Waals surface area contributed by atoms with Crippen molar-refractivity contribution in [1.82, 2.24) is 15.5 Å². The van der Waals surface area contributed by atoms with Gasteiger partial charge in [0.05, 0.1) is 31.3 Å². The van der Waals surface area contributed by atoms with Crippen molar-refractivity contribution in [2.45, 2.75) is 19.5 Å². The van der Waals surface area contributed by atoms with Crippen molar-refractivity contribution >= 4 is 11.6 Å². The Hall–Kier alpha value is -2.23. The molecule has 1 atom stereocenters. The van der Waals surface area contributed by atoms with Crippen molar-refractivity contribution in [1.29, 1.82) is 0 Å². The minimum Gasteiger partial charge on any atom is -0.383 e. The number of methoxy groups -OCH3 is 1. The molecule has 0 spiro atoms. The summed E-state index contributed by atoms with van der Waals surface area (Å²) in [6.45, 7) is 8.04. The lowest BCUT2D eigenvalue weighted by Gasteiger charge is -2.32. The molecular weight excluding hydrogens is 350 g/mol. The lowest BCUT2D eigenvalue weighted by Crippen LogP contribution is -2.49. The molecule has 0 aromatic heterocycles. The summed E-state index contributed by atoms with van der Waals surface area (Å²) in [5, 5.41) is 17.3. The van der Waals surface area contributed by atoms with Gasteiger partial charge in [0.25, 0.3) is 5.69 Å². The molecule has 2 N–H and O–H groups in total. The number of morpholine rings is 1. The van der Waals surface area contributed by atoms with E-state index in [0.29, 0.717) is 31.7 Å². The van der Waals surface area contributed by atoms with Crippen molar-refractivity contribution < 1.29 is 14.4 Å². The average Bonchev–Trinajstić information content (AvgIpc) is 2.70. The molecule has 0 radical (unpaired) electrons. The monoisotopic (exact) mass is 379 g/mol. The molecule has 0 amide bonds. The Morgan fingerprint density at radius 2 is 2.04 bits per heavy atom. The van der Waals surface area contributed by atoms with Gasteiger partial charge in [0, 0.05) is 51.5 Å². The molecular formula is C18H29N5O4. The zero-order chi connectivity index (χ0) is 19.5. The van der Waals surface area contributed by atoms with Gasteiger partial charge in [0.2, 0.25) is 0 Å². The molecule has 1 aliphatic heterocycles. The van der Waals surface area contributed by atoms with Crippen molar-refractivity contribution in [2.24, 2.45) is 4.99 Å². The van der Waals surface area contributed by atoms with Gasteiger partial charge in [-0.05, 0) is 12.5 Å². The first kappa shape index (κ1) is 21.1. The summed E-state index contributed by atoms with van der Waals surface area (Å²) in [6, 6.07) is 6.81. The Kier molecular flexibility index (Phi) is 8.96. The molecule has 150 valence electrons. The quantitative estimate of drug-likeness (QED) is 0.217. The van der Waals surface area contributed by atoms with E-state index in [9.17, 15) is 10.1 Å². The standard InChI is InChI=1S/C18H29N5O4/c1-15(22-8-11-27-12-9-22)13-20-18(19-7-10-26-2)21-14-16-3-5-17(6-4-16)23(24)25/h3-6,15H,7-14H2,1-2H3,(H2,19,20,21). The second kappa shape index (κ2) is 11.5. The van der Waals surface area contributed by atoms with E-state index < -0.39 is 4.92 Å². The van der Waals surface area contributed by atoms with Crippen LogP contribution < -0.4 is 10.6 Å². The first-order chi connectivity index (χ1) is 13.1. The zero-order valence-electron chi connectivity index (χ0n) is 16.0. The Labute approximate surface area is 159 Å². The fraction of sp³-hybridized carbons (Fsp3) is 0.611. The van der Waals surface area contributed by atoms with Crippen LogP contribution in [-0.4, -0.2) is 74.9 Å². The summed E-state index contributed by atoms with van der Waals surface area (Å²) >= 11 is 0. The SMILES string of the molecule is COCCNC(=NCc1ccc([N+](=O)[O-])cc1)NCC(C)N1CCOCC1. The summed E-state index contributed by atoms with van der Waals surface area (Å²) in [6.07, 6.45) is 0. The van der Waals surface area contributed by atoms with E-state index in [0.717, 1.165) is 38.4 Å². The van der Waals surface area contributed by atoms with Gasteiger partial charge in [0.15, 0.2) is 5.96 Å². The number of rotatable bonds is 9. The third-order valence-corrected chi connectivity index (χ3v) is 4.40. The predicted octanol–water partition coefficient (Wildman–Crippen LogP) is 0.997. The van der Waals surface area contributed by atoms with Crippen LogP contribution in [0.1, 0.15) is 12.5 Å². The van der Waals surface area contributed by atoms with Crippen LogP contribution in [0.15, 0.2) is 29.3 Å². The predicted molar refractivity (Wildman–Crippen MR) is 104 cm³/mol. The van der Waals surface area contributed by atoms with Crippen LogP contribution in [0, 0.1) is 10.1 Å². The van der Waals surface area contributed by atoms with Crippen molar-refractivity contribution in [2.75, 3.05) is 53.1 Å². The number of hydrogen-bond donors (Lipinski definition) is 2. The number of nitro groups is 1. The maximum Gasteiger partial charge on any atom is 0.269 e.